The van der Waals surface area contributed by atoms with E-state index in [1.54, 1.807) is 0 Å². The van der Waals surface area contributed by atoms with Crippen molar-refractivity contribution >= 4 is 23.2 Å². The van der Waals surface area contributed by atoms with E-state index in [9.17, 15) is 14.5 Å². The van der Waals surface area contributed by atoms with Crippen molar-refractivity contribution < 1.29 is 14.1 Å². The van der Waals surface area contributed by atoms with Crippen LogP contribution in [-0.2, 0) is 0 Å². The molecule has 2 rings (SSSR count). The predicted molar refractivity (Wildman–Crippen MR) is 74.3 cm³/mol. The topological polar surface area (TPSA) is 90.2 Å². The molecule has 0 saturated heterocycles. The van der Waals surface area contributed by atoms with Crippen molar-refractivity contribution in [3.05, 3.63) is 45.4 Å². The number of hydrogen-bond acceptors (Lipinski definition) is 6. The Balaban J connectivity index is 2.38. The highest BCUT2D eigenvalue weighted by Gasteiger charge is 2.19. The molecule has 0 aliphatic heterocycles. The Hall–Kier alpha value is -2.48. The molecular formula is C12H10ClFN4O3. The van der Waals surface area contributed by atoms with Crippen molar-refractivity contribution in [2.24, 2.45) is 0 Å². The molecule has 1 aromatic heterocycles. The number of anilines is 1. The first-order valence-corrected chi connectivity index (χ1v) is 6.27. The van der Waals surface area contributed by atoms with Gasteiger partial charge in [0.25, 0.3) is 5.88 Å². The molecule has 0 fully saturated rings. The molecule has 1 aromatic carbocycles. The van der Waals surface area contributed by atoms with Gasteiger partial charge in [-0.05, 0) is 19.1 Å². The van der Waals surface area contributed by atoms with Crippen LogP contribution in [0.4, 0.5) is 16.0 Å². The first kappa shape index (κ1) is 14.9. The number of halogens is 2. The molecule has 0 radical (unpaired) electrons. The van der Waals surface area contributed by atoms with Crippen LogP contribution in [0.3, 0.4) is 0 Å². The molecule has 7 nitrogen and oxygen atoms in total. The van der Waals surface area contributed by atoms with Crippen molar-refractivity contribution in [1.29, 1.82) is 0 Å². The Kier molecular flexibility index (Phi) is 4.49. The second kappa shape index (κ2) is 6.31. The lowest BCUT2D eigenvalue weighted by molar-refractivity contribution is -0.385. The highest BCUT2D eigenvalue weighted by Crippen LogP contribution is 2.33. The van der Waals surface area contributed by atoms with Crippen molar-refractivity contribution in [2.45, 2.75) is 6.92 Å². The van der Waals surface area contributed by atoms with Gasteiger partial charge in [-0.25, -0.2) is 4.98 Å². The zero-order valence-corrected chi connectivity index (χ0v) is 11.6. The van der Waals surface area contributed by atoms with Gasteiger partial charge in [-0.2, -0.15) is 9.37 Å². The van der Waals surface area contributed by atoms with Gasteiger partial charge in [0, 0.05) is 17.6 Å². The van der Waals surface area contributed by atoms with Gasteiger partial charge in [-0.3, -0.25) is 10.1 Å². The molecule has 110 valence electrons. The van der Waals surface area contributed by atoms with Gasteiger partial charge in [0.05, 0.1) is 11.1 Å². The standard InChI is InChI=1S/C12H10ClFN4O3/c1-2-15-12-16-6-8(14)11(17-12)21-10-4-3-7(13)5-9(10)18(19)20/h3-6H,2H2,1H3,(H,15,16,17). The maximum atomic E-state index is 13.6. The maximum Gasteiger partial charge on any atom is 0.313 e. The second-order valence-corrected chi connectivity index (χ2v) is 4.28. The SMILES string of the molecule is CCNc1ncc(F)c(Oc2ccc(Cl)cc2[N+](=O)[O-])n1. The van der Waals surface area contributed by atoms with Gasteiger partial charge in [0.1, 0.15) is 0 Å². The molecule has 0 spiro atoms. The number of nitro benzene ring substituents is 1. The van der Waals surface area contributed by atoms with E-state index in [1.807, 2.05) is 6.92 Å². The largest absolute Gasteiger partial charge is 0.429 e. The number of benzene rings is 1. The molecule has 0 aliphatic carbocycles. The molecule has 21 heavy (non-hydrogen) atoms. The van der Waals surface area contributed by atoms with Gasteiger partial charge >= 0.3 is 5.69 Å². The van der Waals surface area contributed by atoms with E-state index >= 15 is 0 Å². The molecule has 0 atom stereocenters. The summed E-state index contributed by atoms with van der Waals surface area (Å²) in [4.78, 5) is 17.8. The number of ether oxygens (including phenoxy) is 1. The van der Waals surface area contributed by atoms with Crippen LogP contribution in [0.25, 0.3) is 0 Å². The number of aromatic nitrogens is 2. The average molecular weight is 313 g/mol. The Bertz CT molecular complexity index is 684. The highest BCUT2D eigenvalue weighted by molar-refractivity contribution is 6.30. The lowest BCUT2D eigenvalue weighted by atomic mass is 10.3. The third-order valence-electron chi connectivity index (χ3n) is 2.37. The summed E-state index contributed by atoms with van der Waals surface area (Å²) in [5, 5.41) is 13.9. The molecule has 9 heteroatoms. The summed E-state index contributed by atoms with van der Waals surface area (Å²) in [7, 11) is 0. The molecule has 0 unspecified atom stereocenters. The van der Waals surface area contributed by atoms with Gasteiger partial charge in [0.15, 0.2) is 0 Å². The summed E-state index contributed by atoms with van der Waals surface area (Å²) in [5.74, 6) is -1.25. The van der Waals surface area contributed by atoms with Crippen LogP contribution in [0.1, 0.15) is 6.92 Å². The van der Waals surface area contributed by atoms with Crippen LogP contribution in [0.15, 0.2) is 24.4 Å². The molecule has 2 aromatic rings. The molecule has 0 aliphatic rings. The minimum absolute atomic E-state index is 0.158. The molecule has 1 heterocycles. The van der Waals surface area contributed by atoms with Crippen molar-refractivity contribution in [1.82, 2.24) is 9.97 Å². The zero-order valence-electron chi connectivity index (χ0n) is 10.8. The van der Waals surface area contributed by atoms with Crippen LogP contribution < -0.4 is 10.1 Å². The van der Waals surface area contributed by atoms with Gasteiger partial charge < -0.3 is 10.1 Å². The number of hydrogen-bond donors (Lipinski definition) is 1. The molecule has 1 N–H and O–H groups in total. The predicted octanol–water partition coefficient (Wildman–Crippen LogP) is 3.40. The third kappa shape index (κ3) is 3.54. The molecule has 0 amide bonds. The fraction of sp³-hybridized carbons (Fsp3) is 0.167. The van der Waals surface area contributed by atoms with Crippen molar-refractivity contribution in [2.75, 3.05) is 11.9 Å². The number of rotatable bonds is 5. The molecular weight excluding hydrogens is 303 g/mol. The van der Waals surface area contributed by atoms with Crippen LogP contribution in [0.5, 0.6) is 11.6 Å². The summed E-state index contributed by atoms with van der Waals surface area (Å²) in [6, 6.07) is 3.78. The van der Waals surface area contributed by atoms with Crippen LogP contribution in [0, 0.1) is 15.9 Å². The monoisotopic (exact) mass is 312 g/mol. The first-order chi connectivity index (χ1) is 10.0. The summed E-state index contributed by atoms with van der Waals surface area (Å²) >= 11 is 5.69. The Labute approximate surface area is 123 Å². The molecule has 0 saturated carbocycles. The lowest BCUT2D eigenvalue weighted by Crippen LogP contribution is -2.04. The fourth-order valence-electron chi connectivity index (χ4n) is 1.49. The number of nitrogens with zero attached hydrogens (tertiary/aromatic N) is 3. The molecule has 0 bridgehead atoms. The highest BCUT2D eigenvalue weighted by atomic mass is 35.5. The summed E-state index contributed by atoms with van der Waals surface area (Å²) < 4.78 is 18.8. The van der Waals surface area contributed by atoms with Gasteiger partial charge in [0.2, 0.25) is 17.5 Å². The Morgan fingerprint density at radius 3 is 2.95 bits per heavy atom. The van der Waals surface area contributed by atoms with Crippen molar-refractivity contribution in [3.63, 3.8) is 0 Å². The van der Waals surface area contributed by atoms with Gasteiger partial charge in [-0.1, -0.05) is 11.6 Å². The van der Waals surface area contributed by atoms with E-state index in [0.29, 0.717) is 6.54 Å². The van der Waals surface area contributed by atoms with E-state index in [1.165, 1.54) is 12.1 Å². The Morgan fingerprint density at radius 2 is 2.29 bits per heavy atom. The number of nitrogens with one attached hydrogen (secondary N) is 1. The number of nitro groups is 1. The van der Waals surface area contributed by atoms with E-state index in [0.717, 1.165) is 12.3 Å². The van der Waals surface area contributed by atoms with Crippen molar-refractivity contribution in [3.8, 4) is 11.6 Å². The third-order valence-corrected chi connectivity index (χ3v) is 2.61. The van der Waals surface area contributed by atoms with Crippen LogP contribution in [-0.4, -0.2) is 21.4 Å². The van der Waals surface area contributed by atoms with E-state index in [-0.39, 0.29) is 22.4 Å². The van der Waals surface area contributed by atoms with Crippen LogP contribution >= 0.6 is 11.6 Å². The minimum atomic E-state index is -0.832. The summed E-state index contributed by atoms with van der Waals surface area (Å²) in [6.45, 7) is 2.35. The maximum absolute atomic E-state index is 13.6. The van der Waals surface area contributed by atoms with E-state index < -0.39 is 16.6 Å². The lowest BCUT2D eigenvalue weighted by Gasteiger charge is -2.08. The zero-order chi connectivity index (χ0) is 15.4. The van der Waals surface area contributed by atoms with E-state index in [2.05, 4.69) is 15.3 Å². The Morgan fingerprint density at radius 1 is 1.52 bits per heavy atom. The average Bonchev–Trinajstić information content (AvgIpc) is 2.44. The smallest absolute Gasteiger partial charge is 0.313 e. The first-order valence-electron chi connectivity index (χ1n) is 5.89. The quantitative estimate of drug-likeness (QED) is 0.672. The van der Waals surface area contributed by atoms with E-state index in [4.69, 9.17) is 16.3 Å². The minimum Gasteiger partial charge on any atom is -0.429 e. The fourth-order valence-corrected chi connectivity index (χ4v) is 1.66. The summed E-state index contributed by atoms with van der Waals surface area (Å²) in [6.07, 6.45) is 0.919. The van der Waals surface area contributed by atoms with Crippen LogP contribution in [0.2, 0.25) is 5.02 Å². The van der Waals surface area contributed by atoms with Gasteiger partial charge in [-0.15, -0.1) is 0 Å². The summed E-state index contributed by atoms with van der Waals surface area (Å²) in [5.41, 5.74) is -0.384. The second-order valence-electron chi connectivity index (χ2n) is 3.85. The normalized spacial score (nSPS) is 10.2.